The van der Waals surface area contributed by atoms with E-state index in [0.717, 1.165) is 12.8 Å². The second-order valence-electron chi connectivity index (χ2n) is 6.10. The zero-order valence-corrected chi connectivity index (χ0v) is 11.3. The Bertz CT molecular complexity index is 340. The third-order valence-electron chi connectivity index (χ3n) is 3.50. The first-order chi connectivity index (χ1) is 8.40. The van der Waals surface area contributed by atoms with Crippen LogP contribution in [0.3, 0.4) is 0 Å². The van der Waals surface area contributed by atoms with Crippen LogP contribution in [-0.2, 0) is 4.74 Å². The largest absolute Gasteiger partial charge is 0.444 e. The highest BCUT2D eigenvalue weighted by molar-refractivity contribution is 5.68. The maximum Gasteiger partial charge on any atom is 0.410 e. The number of likely N-dealkylation sites (tertiary alicyclic amines) is 1. The van der Waals surface area contributed by atoms with E-state index in [0.29, 0.717) is 25.6 Å². The van der Waals surface area contributed by atoms with E-state index in [-0.39, 0.29) is 12.1 Å². The summed E-state index contributed by atoms with van der Waals surface area (Å²) in [7, 11) is 0. The highest BCUT2D eigenvalue weighted by Gasteiger charge is 2.42. The van der Waals surface area contributed by atoms with Crippen molar-refractivity contribution in [1.29, 1.82) is 0 Å². The number of carbonyl (C=O) groups is 1. The minimum atomic E-state index is -0.481. The molecular weight excluding hydrogens is 234 g/mol. The SMILES string of the molecule is CC(C)(C)OC(=O)N1CCCC2CN(N=O)CC21. The predicted molar refractivity (Wildman–Crippen MR) is 66.8 cm³/mol. The molecule has 6 heteroatoms. The quantitative estimate of drug-likeness (QED) is 0.672. The molecule has 6 nitrogen and oxygen atoms in total. The first-order valence-electron chi connectivity index (χ1n) is 6.48. The molecule has 0 aromatic heterocycles. The Morgan fingerprint density at radius 1 is 1.33 bits per heavy atom. The molecule has 0 bridgehead atoms. The third-order valence-corrected chi connectivity index (χ3v) is 3.50. The van der Waals surface area contributed by atoms with E-state index in [1.165, 1.54) is 5.01 Å². The molecule has 2 aliphatic rings. The summed E-state index contributed by atoms with van der Waals surface area (Å²) < 4.78 is 5.41. The molecule has 0 radical (unpaired) electrons. The zero-order chi connectivity index (χ0) is 13.3. The van der Waals surface area contributed by atoms with Gasteiger partial charge in [-0.05, 0) is 33.6 Å². The van der Waals surface area contributed by atoms with Crippen molar-refractivity contribution in [3.63, 3.8) is 0 Å². The fraction of sp³-hybridized carbons (Fsp3) is 0.917. The molecule has 0 saturated carbocycles. The lowest BCUT2D eigenvalue weighted by molar-refractivity contribution is 0.00624. The van der Waals surface area contributed by atoms with E-state index >= 15 is 0 Å². The maximum atomic E-state index is 12.1. The average molecular weight is 255 g/mol. The van der Waals surface area contributed by atoms with Gasteiger partial charge in [0.2, 0.25) is 0 Å². The number of hydrogen-bond donors (Lipinski definition) is 0. The van der Waals surface area contributed by atoms with Crippen LogP contribution in [0.5, 0.6) is 0 Å². The lowest BCUT2D eigenvalue weighted by Gasteiger charge is -2.37. The number of fused-ring (bicyclic) bond motifs is 1. The second-order valence-corrected chi connectivity index (χ2v) is 6.10. The van der Waals surface area contributed by atoms with Crippen LogP contribution < -0.4 is 0 Å². The van der Waals surface area contributed by atoms with Gasteiger partial charge in [0.05, 0.1) is 17.9 Å². The molecular formula is C12H21N3O3. The molecule has 1 amide bonds. The minimum Gasteiger partial charge on any atom is -0.444 e. The highest BCUT2D eigenvalue weighted by Crippen LogP contribution is 2.31. The third kappa shape index (κ3) is 2.73. The van der Waals surface area contributed by atoms with E-state index in [2.05, 4.69) is 5.29 Å². The predicted octanol–water partition coefficient (Wildman–Crippen LogP) is 2.00. The van der Waals surface area contributed by atoms with Crippen molar-refractivity contribution in [2.24, 2.45) is 11.2 Å². The van der Waals surface area contributed by atoms with Gasteiger partial charge in [-0.2, -0.15) is 0 Å². The summed E-state index contributed by atoms with van der Waals surface area (Å²) in [5, 5.41) is 4.50. The highest BCUT2D eigenvalue weighted by atomic mass is 16.6. The second kappa shape index (κ2) is 4.74. The zero-order valence-electron chi connectivity index (χ0n) is 11.3. The monoisotopic (exact) mass is 255 g/mol. The molecule has 18 heavy (non-hydrogen) atoms. The van der Waals surface area contributed by atoms with Gasteiger partial charge >= 0.3 is 6.09 Å². The molecule has 0 aromatic rings. The van der Waals surface area contributed by atoms with Crippen LogP contribution >= 0.6 is 0 Å². The molecule has 0 aromatic carbocycles. The molecule has 2 aliphatic heterocycles. The van der Waals surface area contributed by atoms with Gasteiger partial charge in [0.15, 0.2) is 0 Å². The van der Waals surface area contributed by atoms with Crippen LogP contribution in [0.2, 0.25) is 0 Å². The van der Waals surface area contributed by atoms with Crippen LogP contribution in [-0.4, -0.2) is 47.3 Å². The van der Waals surface area contributed by atoms with Crippen LogP contribution in [0, 0.1) is 10.8 Å². The summed E-state index contributed by atoms with van der Waals surface area (Å²) >= 11 is 0. The van der Waals surface area contributed by atoms with E-state index < -0.39 is 5.60 Å². The van der Waals surface area contributed by atoms with E-state index in [9.17, 15) is 9.70 Å². The molecule has 2 atom stereocenters. The van der Waals surface area contributed by atoms with E-state index in [1.54, 1.807) is 4.90 Å². The van der Waals surface area contributed by atoms with Gasteiger partial charge in [-0.25, -0.2) is 4.79 Å². The molecule has 0 spiro atoms. The fourth-order valence-corrected chi connectivity index (χ4v) is 2.77. The van der Waals surface area contributed by atoms with E-state index in [4.69, 9.17) is 4.74 Å². The van der Waals surface area contributed by atoms with Crippen molar-refractivity contribution < 1.29 is 9.53 Å². The number of hydrogen-bond acceptors (Lipinski definition) is 4. The van der Waals surface area contributed by atoms with Crippen LogP contribution in [0.1, 0.15) is 33.6 Å². The smallest absolute Gasteiger partial charge is 0.410 e. The Kier molecular flexibility index (Phi) is 3.45. The molecule has 2 rings (SSSR count). The summed E-state index contributed by atoms with van der Waals surface area (Å²) in [5.41, 5.74) is -0.481. The summed E-state index contributed by atoms with van der Waals surface area (Å²) in [6, 6.07) is 0.0753. The standard InChI is InChI=1S/C12H21N3O3/c1-12(2,3)18-11(16)15-6-4-5-9-7-14(13-17)8-10(9)15/h9-10H,4-8H2,1-3H3. The van der Waals surface area contributed by atoms with Crippen LogP contribution in [0.25, 0.3) is 0 Å². The van der Waals surface area contributed by atoms with Gasteiger partial charge in [-0.15, -0.1) is 4.91 Å². The van der Waals surface area contributed by atoms with Crippen LogP contribution in [0.15, 0.2) is 5.29 Å². The van der Waals surface area contributed by atoms with Gasteiger partial charge in [0, 0.05) is 19.0 Å². The Balaban J connectivity index is 2.04. The van der Waals surface area contributed by atoms with E-state index in [1.807, 2.05) is 20.8 Å². The van der Waals surface area contributed by atoms with Gasteiger partial charge < -0.3 is 9.64 Å². The van der Waals surface area contributed by atoms with Crippen molar-refractivity contribution in [3.05, 3.63) is 4.91 Å². The number of ether oxygens (including phenoxy) is 1. The number of nitrogens with zero attached hydrogens (tertiary/aromatic N) is 3. The van der Waals surface area contributed by atoms with Crippen LogP contribution in [0.4, 0.5) is 4.79 Å². The number of nitroso groups, excluding NO2 is 1. The number of rotatable bonds is 1. The van der Waals surface area contributed by atoms with Gasteiger partial charge in [-0.1, -0.05) is 0 Å². The first kappa shape index (κ1) is 13.1. The molecule has 102 valence electrons. The maximum absolute atomic E-state index is 12.1. The molecule has 0 aliphatic carbocycles. The van der Waals surface area contributed by atoms with Crippen molar-refractivity contribution >= 4 is 6.09 Å². The normalized spacial score (nSPS) is 27.9. The topological polar surface area (TPSA) is 62.2 Å². The number of amides is 1. The van der Waals surface area contributed by atoms with Crippen molar-refractivity contribution in [2.75, 3.05) is 19.6 Å². The molecule has 0 N–H and O–H groups in total. The fourth-order valence-electron chi connectivity index (χ4n) is 2.77. The van der Waals surface area contributed by atoms with Gasteiger partial charge in [0.1, 0.15) is 5.60 Å². The summed E-state index contributed by atoms with van der Waals surface area (Å²) in [5.74, 6) is 0.351. The van der Waals surface area contributed by atoms with Gasteiger partial charge in [-0.3, -0.25) is 5.01 Å². The molecule has 2 heterocycles. The Labute approximate surface area is 107 Å². The molecule has 2 saturated heterocycles. The Hall–Kier alpha value is -1.33. The number of piperidine rings is 1. The van der Waals surface area contributed by atoms with Gasteiger partial charge in [0.25, 0.3) is 0 Å². The first-order valence-corrected chi connectivity index (χ1v) is 6.48. The molecule has 2 fully saturated rings. The molecule has 2 unspecified atom stereocenters. The summed E-state index contributed by atoms with van der Waals surface area (Å²) in [6.45, 7) is 7.49. The van der Waals surface area contributed by atoms with Crippen molar-refractivity contribution in [2.45, 2.75) is 45.3 Å². The Morgan fingerprint density at radius 3 is 2.67 bits per heavy atom. The average Bonchev–Trinajstić information content (AvgIpc) is 2.68. The van der Waals surface area contributed by atoms with Crippen molar-refractivity contribution in [3.8, 4) is 0 Å². The minimum absolute atomic E-state index is 0.0753. The Morgan fingerprint density at radius 2 is 2.06 bits per heavy atom. The summed E-state index contributed by atoms with van der Waals surface area (Å²) in [4.78, 5) is 24.5. The van der Waals surface area contributed by atoms with Crippen molar-refractivity contribution in [1.82, 2.24) is 9.91 Å². The lowest BCUT2D eigenvalue weighted by atomic mass is 9.92. The lowest BCUT2D eigenvalue weighted by Crippen LogP contribution is -2.50. The summed E-state index contributed by atoms with van der Waals surface area (Å²) in [6.07, 6.45) is 1.74. The number of carbonyl (C=O) groups excluding carboxylic acids is 1.